The first-order valence-electron chi connectivity index (χ1n) is 6.42. The van der Waals surface area contributed by atoms with Crippen LogP contribution in [0.4, 0.5) is 0 Å². The molecule has 1 N–H and O–H groups in total. The Balaban J connectivity index is 1.83. The van der Waals surface area contributed by atoms with Gasteiger partial charge in [-0.1, -0.05) is 0 Å². The van der Waals surface area contributed by atoms with Gasteiger partial charge in [-0.15, -0.1) is 0 Å². The number of carbonyl (C=O) groups is 2. The van der Waals surface area contributed by atoms with Crippen molar-refractivity contribution in [2.75, 3.05) is 19.7 Å². The summed E-state index contributed by atoms with van der Waals surface area (Å²) in [6.07, 6.45) is 3.78. The van der Waals surface area contributed by atoms with Crippen molar-refractivity contribution < 1.29 is 14.4 Å². The van der Waals surface area contributed by atoms with Crippen LogP contribution in [0.2, 0.25) is 0 Å². The van der Waals surface area contributed by atoms with E-state index >= 15 is 0 Å². The molecule has 1 heterocycles. The molecular weight excluding hydrogens is 220 g/mol. The van der Waals surface area contributed by atoms with Crippen molar-refractivity contribution in [3.8, 4) is 0 Å². The number of hydrogen-bond acceptors (Lipinski definition) is 3. The van der Waals surface area contributed by atoms with Crippen LogP contribution in [0, 0.1) is 11.8 Å². The number of nitrogens with one attached hydrogen (secondary N) is 1. The standard InChI is InChI=1S/C12H20N2O3/c1-2-17-13-11(15)10-4-3-7-14(8-10)12(16)9-5-6-9/h9-10H,2-8H2,1H3,(H,13,15). The van der Waals surface area contributed by atoms with Crippen molar-refractivity contribution in [1.29, 1.82) is 0 Å². The molecule has 1 atom stereocenters. The summed E-state index contributed by atoms with van der Waals surface area (Å²) in [6, 6.07) is 0. The van der Waals surface area contributed by atoms with Crippen LogP contribution in [0.5, 0.6) is 0 Å². The van der Waals surface area contributed by atoms with Crippen LogP contribution < -0.4 is 5.48 Å². The minimum Gasteiger partial charge on any atom is -0.342 e. The molecule has 0 aromatic carbocycles. The van der Waals surface area contributed by atoms with Crippen LogP contribution in [-0.4, -0.2) is 36.4 Å². The normalized spacial score (nSPS) is 24.5. The maximum Gasteiger partial charge on any atom is 0.248 e. The van der Waals surface area contributed by atoms with E-state index in [2.05, 4.69) is 5.48 Å². The van der Waals surface area contributed by atoms with E-state index in [0.717, 1.165) is 32.2 Å². The second kappa shape index (κ2) is 5.49. The van der Waals surface area contributed by atoms with Crippen molar-refractivity contribution in [2.45, 2.75) is 32.6 Å². The summed E-state index contributed by atoms with van der Waals surface area (Å²) in [4.78, 5) is 30.4. The van der Waals surface area contributed by atoms with Crippen molar-refractivity contribution in [3.63, 3.8) is 0 Å². The van der Waals surface area contributed by atoms with Crippen LogP contribution in [0.3, 0.4) is 0 Å². The van der Waals surface area contributed by atoms with Gasteiger partial charge in [0.05, 0.1) is 12.5 Å². The lowest BCUT2D eigenvalue weighted by Crippen LogP contribution is -2.45. The fraction of sp³-hybridized carbons (Fsp3) is 0.833. The van der Waals surface area contributed by atoms with Gasteiger partial charge in [-0.2, -0.15) is 0 Å². The second-order valence-electron chi connectivity index (χ2n) is 4.80. The number of rotatable bonds is 4. The Morgan fingerprint density at radius 1 is 1.29 bits per heavy atom. The summed E-state index contributed by atoms with van der Waals surface area (Å²) in [5.41, 5.74) is 2.43. The molecule has 0 aromatic heterocycles. The maximum atomic E-state index is 11.9. The van der Waals surface area contributed by atoms with Crippen molar-refractivity contribution in [1.82, 2.24) is 10.4 Å². The van der Waals surface area contributed by atoms with E-state index in [1.54, 1.807) is 0 Å². The SMILES string of the molecule is CCONC(=O)C1CCCN(C(=O)C2CC2)C1. The number of likely N-dealkylation sites (tertiary alicyclic amines) is 1. The summed E-state index contributed by atoms with van der Waals surface area (Å²) in [5.74, 6) is 0.265. The maximum absolute atomic E-state index is 11.9. The van der Waals surface area contributed by atoms with Gasteiger partial charge in [-0.3, -0.25) is 14.4 Å². The summed E-state index contributed by atoms with van der Waals surface area (Å²) >= 11 is 0. The fourth-order valence-corrected chi connectivity index (χ4v) is 2.21. The third-order valence-corrected chi connectivity index (χ3v) is 3.35. The van der Waals surface area contributed by atoms with Crippen molar-refractivity contribution >= 4 is 11.8 Å². The number of nitrogens with zero attached hydrogens (tertiary/aromatic N) is 1. The van der Waals surface area contributed by atoms with Crippen LogP contribution in [0.25, 0.3) is 0 Å². The van der Waals surface area contributed by atoms with Gasteiger partial charge in [0.2, 0.25) is 11.8 Å². The fourth-order valence-electron chi connectivity index (χ4n) is 2.21. The predicted octanol–water partition coefficient (Wildman–Crippen LogP) is 0.703. The quantitative estimate of drug-likeness (QED) is 0.736. The van der Waals surface area contributed by atoms with E-state index in [9.17, 15) is 9.59 Å². The van der Waals surface area contributed by atoms with E-state index in [4.69, 9.17) is 4.84 Å². The van der Waals surface area contributed by atoms with Gasteiger partial charge in [0.15, 0.2) is 0 Å². The first-order chi connectivity index (χ1) is 8.22. The Labute approximate surface area is 101 Å². The Hall–Kier alpha value is -1.10. The van der Waals surface area contributed by atoms with Gasteiger partial charge in [0.25, 0.3) is 0 Å². The van der Waals surface area contributed by atoms with Gasteiger partial charge >= 0.3 is 0 Å². The minimum atomic E-state index is -0.113. The highest BCUT2D eigenvalue weighted by Gasteiger charge is 2.36. The molecule has 2 amide bonds. The largest absolute Gasteiger partial charge is 0.342 e. The average molecular weight is 240 g/mol. The Morgan fingerprint density at radius 2 is 2.06 bits per heavy atom. The molecule has 1 unspecified atom stereocenters. The third-order valence-electron chi connectivity index (χ3n) is 3.35. The highest BCUT2D eigenvalue weighted by molar-refractivity contribution is 5.83. The molecule has 2 rings (SSSR count). The number of amides is 2. The molecule has 5 nitrogen and oxygen atoms in total. The van der Waals surface area contributed by atoms with Gasteiger partial charge in [-0.05, 0) is 32.6 Å². The first kappa shape index (κ1) is 12.4. The van der Waals surface area contributed by atoms with Crippen LogP contribution >= 0.6 is 0 Å². The number of carbonyl (C=O) groups excluding carboxylic acids is 2. The Kier molecular flexibility index (Phi) is 3.99. The summed E-state index contributed by atoms with van der Waals surface area (Å²) in [5, 5.41) is 0. The van der Waals surface area contributed by atoms with Crippen LogP contribution in [0.1, 0.15) is 32.6 Å². The molecule has 2 aliphatic rings. The highest BCUT2D eigenvalue weighted by Crippen LogP contribution is 2.32. The monoisotopic (exact) mass is 240 g/mol. The summed E-state index contributed by atoms with van der Waals surface area (Å²) < 4.78 is 0. The molecule has 1 saturated heterocycles. The lowest BCUT2D eigenvalue weighted by atomic mass is 9.97. The highest BCUT2D eigenvalue weighted by atomic mass is 16.6. The molecule has 1 saturated carbocycles. The average Bonchev–Trinajstić information content (AvgIpc) is 3.19. The van der Waals surface area contributed by atoms with Crippen LogP contribution in [0.15, 0.2) is 0 Å². The first-order valence-corrected chi connectivity index (χ1v) is 6.42. The Bertz CT molecular complexity index is 302. The molecular formula is C12H20N2O3. The van der Waals surface area contributed by atoms with E-state index in [1.807, 2.05) is 11.8 Å². The van der Waals surface area contributed by atoms with E-state index in [0.29, 0.717) is 13.2 Å². The zero-order valence-electron chi connectivity index (χ0n) is 10.3. The zero-order valence-corrected chi connectivity index (χ0v) is 10.3. The van der Waals surface area contributed by atoms with Gasteiger partial charge in [-0.25, -0.2) is 5.48 Å². The molecule has 2 fully saturated rings. The van der Waals surface area contributed by atoms with Gasteiger partial charge < -0.3 is 4.90 Å². The molecule has 1 aliphatic heterocycles. The predicted molar refractivity (Wildman–Crippen MR) is 61.8 cm³/mol. The number of hydrogen-bond donors (Lipinski definition) is 1. The van der Waals surface area contributed by atoms with Crippen LogP contribution in [-0.2, 0) is 14.4 Å². The molecule has 17 heavy (non-hydrogen) atoms. The number of piperidine rings is 1. The molecule has 0 radical (unpaired) electrons. The summed E-state index contributed by atoms with van der Waals surface area (Å²) in [7, 11) is 0. The van der Waals surface area contributed by atoms with E-state index < -0.39 is 0 Å². The molecule has 0 aromatic rings. The van der Waals surface area contributed by atoms with Gasteiger partial charge in [0, 0.05) is 19.0 Å². The van der Waals surface area contributed by atoms with Gasteiger partial charge in [0.1, 0.15) is 0 Å². The molecule has 0 bridgehead atoms. The lowest BCUT2D eigenvalue weighted by Gasteiger charge is -2.32. The topological polar surface area (TPSA) is 58.6 Å². The third kappa shape index (κ3) is 3.19. The smallest absolute Gasteiger partial charge is 0.248 e. The molecule has 1 aliphatic carbocycles. The lowest BCUT2D eigenvalue weighted by molar-refractivity contribution is -0.142. The summed E-state index contributed by atoms with van der Waals surface area (Å²) in [6.45, 7) is 3.63. The van der Waals surface area contributed by atoms with Crippen molar-refractivity contribution in [2.24, 2.45) is 11.8 Å². The molecule has 0 spiro atoms. The zero-order chi connectivity index (χ0) is 12.3. The van der Waals surface area contributed by atoms with E-state index in [-0.39, 0.29) is 23.7 Å². The minimum absolute atomic E-state index is 0.0971. The second-order valence-corrected chi connectivity index (χ2v) is 4.80. The van der Waals surface area contributed by atoms with Crippen molar-refractivity contribution in [3.05, 3.63) is 0 Å². The Morgan fingerprint density at radius 3 is 2.71 bits per heavy atom. The van der Waals surface area contributed by atoms with E-state index in [1.165, 1.54) is 0 Å². The number of hydroxylamine groups is 1. The molecule has 5 heteroatoms. The molecule has 96 valence electrons.